The van der Waals surface area contributed by atoms with E-state index in [0.29, 0.717) is 11.4 Å². The van der Waals surface area contributed by atoms with E-state index in [2.05, 4.69) is 4.98 Å². The predicted octanol–water partition coefficient (Wildman–Crippen LogP) is 1.12. The van der Waals surface area contributed by atoms with E-state index in [1.165, 1.54) is 13.2 Å². The van der Waals surface area contributed by atoms with Crippen molar-refractivity contribution in [3.05, 3.63) is 17.4 Å². The van der Waals surface area contributed by atoms with Crippen molar-refractivity contribution in [2.75, 3.05) is 12.8 Å². The molecular weight excluding hydrogens is 147 g/mol. The average Bonchev–Trinajstić information content (AvgIpc) is 1.97. The summed E-state index contributed by atoms with van der Waals surface area (Å²) >= 11 is 0. The molecule has 1 heterocycles. The molecule has 0 bridgehead atoms. The maximum absolute atomic E-state index is 12.7. The molecule has 0 aliphatic carbocycles. The fraction of sp³-hybridized carbons (Fsp3) is 0.286. The maximum Gasteiger partial charge on any atom is 0.218 e. The molecule has 3 nitrogen and oxygen atoms in total. The molecule has 0 aliphatic rings. The van der Waals surface area contributed by atoms with Crippen molar-refractivity contribution < 1.29 is 9.13 Å². The largest absolute Gasteiger partial charge is 0.481 e. The number of pyridine rings is 1. The Hall–Kier alpha value is -1.32. The third-order valence-corrected chi connectivity index (χ3v) is 1.34. The van der Waals surface area contributed by atoms with E-state index in [1.807, 2.05) is 0 Å². The number of halogens is 1. The third-order valence-electron chi connectivity index (χ3n) is 1.34. The summed E-state index contributed by atoms with van der Waals surface area (Å²) < 4.78 is 17.5. The normalized spacial score (nSPS) is 9.73. The lowest BCUT2D eigenvalue weighted by atomic mass is 10.3. The van der Waals surface area contributed by atoms with Crippen molar-refractivity contribution in [3.8, 4) is 5.88 Å². The third kappa shape index (κ3) is 1.39. The Balaban J connectivity index is 3.21. The number of rotatable bonds is 1. The molecule has 60 valence electrons. The van der Waals surface area contributed by atoms with Gasteiger partial charge in [-0.2, -0.15) is 4.98 Å². The van der Waals surface area contributed by atoms with Gasteiger partial charge < -0.3 is 10.5 Å². The van der Waals surface area contributed by atoms with Crippen LogP contribution < -0.4 is 10.5 Å². The zero-order chi connectivity index (χ0) is 8.43. The molecule has 1 aromatic heterocycles. The molecule has 0 unspecified atom stereocenters. The van der Waals surface area contributed by atoms with Crippen LogP contribution in [0.2, 0.25) is 0 Å². The summed E-state index contributed by atoms with van der Waals surface area (Å²) in [6, 6.07) is 1.29. The van der Waals surface area contributed by atoms with E-state index in [4.69, 9.17) is 10.5 Å². The number of methoxy groups -OCH3 is 1. The monoisotopic (exact) mass is 156 g/mol. The second-order valence-electron chi connectivity index (χ2n) is 2.18. The smallest absolute Gasteiger partial charge is 0.218 e. The summed E-state index contributed by atoms with van der Waals surface area (Å²) in [6.07, 6.45) is 0. The van der Waals surface area contributed by atoms with Crippen LogP contribution in [0.15, 0.2) is 6.07 Å². The molecule has 1 rings (SSSR count). The minimum atomic E-state index is -0.511. The SMILES string of the molecule is COc1nc(N)c(F)cc1C. The van der Waals surface area contributed by atoms with Gasteiger partial charge in [-0.15, -0.1) is 0 Å². The van der Waals surface area contributed by atoms with E-state index in [-0.39, 0.29) is 5.82 Å². The van der Waals surface area contributed by atoms with Crippen LogP contribution in [-0.2, 0) is 0 Å². The molecule has 0 saturated carbocycles. The van der Waals surface area contributed by atoms with Crippen LogP contribution in [0.1, 0.15) is 5.56 Å². The van der Waals surface area contributed by atoms with Gasteiger partial charge in [-0.05, 0) is 13.0 Å². The number of anilines is 1. The van der Waals surface area contributed by atoms with Crippen LogP contribution in [0.4, 0.5) is 10.2 Å². The van der Waals surface area contributed by atoms with Crippen molar-refractivity contribution in [2.45, 2.75) is 6.92 Å². The highest BCUT2D eigenvalue weighted by Gasteiger charge is 2.05. The number of nitrogens with zero attached hydrogens (tertiary/aromatic N) is 1. The van der Waals surface area contributed by atoms with Crippen LogP contribution >= 0.6 is 0 Å². The van der Waals surface area contributed by atoms with Gasteiger partial charge in [0.25, 0.3) is 0 Å². The number of aryl methyl sites for hydroxylation is 1. The molecule has 0 spiro atoms. The van der Waals surface area contributed by atoms with Crippen molar-refractivity contribution in [1.29, 1.82) is 0 Å². The second kappa shape index (κ2) is 2.74. The Bertz CT molecular complexity index is 275. The number of hydrogen-bond donors (Lipinski definition) is 1. The van der Waals surface area contributed by atoms with Crippen molar-refractivity contribution in [1.82, 2.24) is 4.98 Å². The molecule has 0 aliphatic heterocycles. The molecule has 11 heavy (non-hydrogen) atoms. The Morgan fingerprint density at radius 2 is 2.27 bits per heavy atom. The summed E-state index contributed by atoms with van der Waals surface area (Å²) in [5, 5.41) is 0. The highest BCUT2D eigenvalue weighted by Crippen LogP contribution is 2.18. The molecule has 0 amide bonds. The van der Waals surface area contributed by atoms with Gasteiger partial charge in [0.2, 0.25) is 5.88 Å². The number of nitrogen functional groups attached to an aromatic ring is 1. The first-order valence-corrected chi connectivity index (χ1v) is 3.11. The zero-order valence-electron chi connectivity index (χ0n) is 6.39. The van der Waals surface area contributed by atoms with Gasteiger partial charge in [0.15, 0.2) is 11.6 Å². The average molecular weight is 156 g/mol. The van der Waals surface area contributed by atoms with Crippen molar-refractivity contribution >= 4 is 5.82 Å². The first-order chi connectivity index (χ1) is 5.15. The molecular formula is C7H9FN2O. The highest BCUT2D eigenvalue weighted by atomic mass is 19.1. The van der Waals surface area contributed by atoms with Crippen LogP contribution in [0.3, 0.4) is 0 Å². The van der Waals surface area contributed by atoms with Gasteiger partial charge in [-0.3, -0.25) is 0 Å². The zero-order valence-corrected chi connectivity index (χ0v) is 6.39. The van der Waals surface area contributed by atoms with Gasteiger partial charge in [0.1, 0.15) is 0 Å². The second-order valence-corrected chi connectivity index (χ2v) is 2.18. The number of aromatic nitrogens is 1. The van der Waals surface area contributed by atoms with Crippen molar-refractivity contribution in [2.24, 2.45) is 0 Å². The highest BCUT2D eigenvalue weighted by molar-refractivity contribution is 5.38. The first-order valence-electron chi connectivity index (χ1n) is 3.11. The number of nitrogens with two attached hydrogens (primary N) is 1. The van der Waals surface area contributed by atoms with Crippen LogP contribution in [0.25, 0.3) is 0 Å². The number of ether oxygens (including phenoxy) is 1. The summed E-state index contributed by atoms with van der Waals surface area (Å²) in [5.41, 5.74) is 5.84. The van der Waals surface area contributed by atoms with E-state index < -0.39 is 5.82 Å². The summed E-state index contributed by atoms with van der Waals surface area (Å²) in [6.45, 7) is 1.70. The van der Waals surface area contributed by atoms with E-state index in [9.17, 15) is 4.39 Å². The quantitative estimate of drug-likeness (QED) is 0.662. The van der Waals surface area contributed by atoms with Crippen LogP contribution in [0.5, 0.6) is 5.88 Å². The molecule has 4 heteroatoms. The fourth-order valence-corrected chi connectivity index (χ4v) is 0.783. The van der Waals surface area contributed by atoms with Gasteiger partial charge in [0.05, 0.1) is 7.11 Å². The van der Waals surface area contributed by atoms with E-state index in [0.717, 1.165) is 0 Å². The Labute approximate surface area is 64.0 Å². The van der Waals surface area contributed by atoms with E-state index >= 15 is 0 Å². The number of hydrogen-bond acceptors (Lipinski definition) is 3. The summed E-state index contributed by atoms with van der Waals surface area (Å²) in [4.78, 5) is 3.67. The van der Waals surface area contributed by atoms with Gasteiger partial charge in [-0.25, -0.2) is 4.39 Å². The predicted molar refractivity (Wildman–Crippen MR) is 39.9 cm³/mol. The molecule has 0 saturated heterocycles. The lowest BCUT2D eigenvalue weighted by Crippen LogP contribution is -1.99. The molecule has 0 radical (unpaired) electrons. The summed E-state index contributed by atoms with van der Waals surface area (Å²) in [7, 11) is 1.46. The molecule has 2 N–H and O–H groups in total. The molecule has 0 fully saturated rings. The van der Waals surface area contributed by atoms with Gasteiger partial charge >= 0.3 is 0 Å². The Kier molecular flexibility index (Phi) is 1.94. The van der Waals surface area contributed by atoms with Gasteiger partial charge in [-0.1, -0.05) is 0 Å². The van der Waals surface area contributed by atoms with Gasteiger partial charge in [0, 0.05) is 5.56 Å². The maximum atomic E-state index is 12.7. The lowest BCUT2D eigenvalue weighted by molar-refractivity contribution is 0.393. The van der Waals surface area contributed by atoms with Crippen LogP contribution in [0, 0.1) is 12.7 Å². The fourth-order valence-electron chi connectivity index (χ4n) is 0.783. The topological polar surface area (TPSA) is 48.1 Å². The van der Waals surface area contributed by atoms with Crippen LogP contribution in [-0.4, -0.2) is 12.1 Å². The summed E-state index contributed by atoms with van der Waals surface area (Å²) in [5.74, 6) is -0.278. The Morgan fingerprint density at radius 3 is 2.82 bits per heavy atom. The molecule has 1 aromatic rings. The Morgan fingerprint density at radius 1 is 1.64 bits per heavy atom. The minimum absolute atomic E-state index is 0.132. The first kappa shape index (κ1) is 7.78. The van der Waals surface area contributed by atoms with Crippen molar-refractivity contribution in [3.63, 3.8) is 0 Å². The molecule has 0 atom stereocenters. The minimum Gasteiger partial charge on any atom is -0.481 e. The standard InChI is InChI=1S/C7H9FN2O/c1-4-3-5(8)6(9)10-7(4)11-2/h3H,1-2H3,(H2,9,10). The lowest BCUT2D eigenvalue weighted by Gasteiger charge is -2.03. The van der Waals surface area contributed by atoms with E-state index in [1.54, 1.807) is 6.92 Å². The molecule has 0 aromatic carbocycles.